The van der Waals surface area contributed by atoms with Gasteiger partial charge >= 0.3 is 0 Å². The molecule has 0 saturated heterocycles. The molecule has 0 fully saturated rings. The third-order valence-corrected chi connectivity index (χ3v) is 5.06. The number of hydrogen-bond acceptors (Lipinski definition) is 7. The van der Waals surface area contributed by atoms with E-state index in [1.807, 2.05) is 23.9 Å². The fourth-order valence-corrected chi connectivity index (χ4v) is 3.49. The number of nitrogens with zero attached hydrogens (tertiary/aromatic N) is 3. The van der Waals surface area contributed by atoms with Crippen LogP contribution in [0.2, 0.25) is 0 Å². The van der Waals surface area contributed by atoms with E-state index in [4.69, 9.17) is 10.8 Å². The number of rotatable bonds is 5. The Hall–Kier alpha value is -2.36. The Labute approximate surface area is 146 Å². The minimum Gasteiger partial charge on any atom is -0.398 e. The molecule has 0 aliphatic carbocycles. The van der Waals surface area contributed by atoms with Crippen LogP contribution in [0.4, 0.5) is 10.8 Å². The number of imidazole rings is 1. The summed E-state index contributed by atoms with van der Waals surface area (Å²) in [5.41, 5.74) is 7.20. The Kier molecular flexibility index (Phi) is 4.84. The second kappa shape index (κ2) is 7.04. The second-order valence-corrected chi connectivity index (χ2v) is 6.83. The average molecular weight is 361 g/mol. The molecule has 3 aromatic rings. The van der Waals surface area contributed by atoms with E-state index in [0.717, 1.165) is 10.1 Å². The van der Waals surface area contributed by atoms with Gasteiger partial charge < -0.3 is 15.4 Å². The molecule has 4 N–H and O–H groups in total. The summed E-state index contributed by atoms with van der Waals surface area (Å²) >= 11 is 2.70. The molecule has 0 spiro atoms. The number of nitrogen functional groups attached to an aromatic ring is 1. The summed E-state index contributed by atoms with van der Waals surface area (Å²) < 4.78 is 1.90. The number of anilines is 2. The van der Waals surface area contributed by atoms with Gasteiger partial charge in [-0.3, -0.25) is 10.1 Å². The van der Waals surface area contributed by atoms with Crippen molar-refractivity contribution in [1.82, 2.24) is 14.5 Å². The van der Waals surface area contributed by atoms with Crippen LogP contribution in [0.5, 0.6) is 0 Å². The van der Waals surface area contributed by atoms with E-state index in [9.17, 15) is 4.79 Å². The van der Waals surface area contributed by atoms with Gasteiger partial charge in [0.15, 0.2) is 10.3 Å². The summed E-state index contributed by atoms with van der Waals surface area (Å²) in [5.74, 6) is -0.339. The van der Waals surface area contributed by atoms with Crippen molar-refractivity contribution in [1.29, 1.82) is 0 Å². The number of nitrogens with two attached hydrogens (primary N) is 1. The smallest absolute Gasteiger partial charge is 0.259 e. The number of thiazole rings is 1. The van der Waals surface area contributed by atoms with Crippen molar-refractivity contribution in [3.05, 3.63) is 47.2 Å². The number of nitrogens with one attached hydrogen (secondary N) is 1. The average Bonchev–Trinajstić information content (AvgIpc) is 3.18. The maximum absolute atomic E-state index is 12.4. The molecular formula is C15H15N5O2S2. The van der Waals surface area contributed by atoms with Gasteiger partial charge in [0.05, 0.1) is 17.9 Å². The Balaban J connectivity index is 1.80. The van der Waals surface area contributed by atoms with Crippen LogP contribution >= 0.6 is 23.1 Å². The van der Waals surface area contributed by atoms with Crippen molar-refractivity contribution in [2.45, 2.75) is 16.7 Å². The molecule has 0 unspecified atom stereocenters. The van der Waals surface area contributed by atoms with E-state index >= 15 is 0 Å². The van der Waals surface area contributed by atoms with E-state index in [1.54, 1.807) is 23.7 Å². The molecule has 2 aromatic heterocycles. The number of carbonyl (C=O) groups excluding carboxylic acids is 1. The molecule has 7 nitrogen and oxygen atoms in total. The fourth-order valence-electron chi connectivity index (χ4n) is 1.95. The van der Waals surface area contributed by atoms with Crippen LogP contribution in [0.15, 0.2) is 46.0 Å². The lowest BCUT2D eigenvalue weighted by molar-refractivity contribution is 0.102. The molecule has 1 aromatic carbocycles. The van der Waals surface area contributed by atoms with Gasteiger partial charge in [0.25, 0.3) is 5.91 Å². The van der Waals surface area contributed by atoms with Crippen LogP contribution in [0, 0.1) is 0 Å². The molecule has 0 radical (unpaired) electrons. The molecule has 0 saturated carbocycles. The summed E-state index contributed by atoms with van der Waals surface area (Å²) in [5, 5.41) is 14.7. The Morgan fingerprint density at radius 1 is 1.50 bits per heavy atom. The molecule has 9 heteroatoms. The molecule has 0 bridgehead atoms. The minimum absolute atomic E-state index is 0.162. The zero-order valence-electron chi connectivity index (χ0n) is 12.8. The summed E-state index contributed by atoms with van der Waals surface area (Å²) in [6, 6.07) is 5.27. The first-order valence-electron chi connectivity index (χ1n) is 6.98. The first-order chi connectivity index (χ1) is 11.6. The van der Waals surface area contributed by atoms with Crippen molar-refractivity contribution in [2.75, 3.05) is 11.1 Å². The Morgan fingerprint density at radius 2 is 2.33 bits per heavy atom. The van der Waals surface area contributed by atoms with Crippen molar-refractivity contribution in [2.24, 2.45) is 7.05 Å². The predicted molar refractivity (Wildman–Crippen MR) is 94.2 cm³/mol. The molecule has 124 valence electrons. The van der Waals surface area contributed by atoms with Gasteiger partial charge in [0.2, 0.25) is 0 Å². The van der Waals surface area contributed by atoms with Crippen LogP contribution in [0.25, 0.3) is 0 Å². The summed E-state index contributed by atoms with van der Waals surface area (Å²) in [4.78, 5) is 21.6. The van der Waals surface area contributed by atoms with Crippen molar-refractivity contribution < 1.29 is 9.90 Å². The number of aromatic nitrogens is 3. The van der Waals surface area contributed by atoms with E-state index < -0.39 is 0 Å². The lowest BCUT2D eigenvalue weighted by Crippen LogP contribution is -2.14. The molecule has 3 rings (SSSR count). The maximum Gasteiger partial charge on any atom is 0.259 e. The number of aliphatic hydroxyl groups excluding tert-OH is 1. The molecule has 0 atom stereocenters. The summed E-state index contributed by atoms with van der Waals surface area (Å²) in [6.07, 6.45) is 3.57. The first-order valence-corrected chi connectivity index (χ1v) is 8.67. The summed E-state index contributed by atoms with van der Waals surface area (Å²) in [6.45, 7) is -0.162. The third kappa shape index (κ3) is 3.58. The summed E-state index contributed by atoms with van der Waals surface area (Å²) in [7, 11) is 1.90. The van der Waals surface area contributed by atoms with E-state index in [-0.39, 0.29) is 12.5 Å². The number of aliphatic hydroxyl groups is 1. The van der Waals surface area contributed by atoms with E-state index in [1.165, 1.54) is 23.1 Å². The molecule has 2 heterocycles. The van der Waals surface area contributed by atoms with Gasteiger partial charge in [-0.25, -0.2) is 9.97 Å². The highest BCUT2D eigenvalue weighted by molar-refractivity contribution is 7.99. The van der Waals surface area contributed by atoms with Crippen LogP contribution < -0.4 is 11.1 Å². The SMILES string of the molecule is Cn1ccnc1Sc1ccc(N)c(C(=O)Nc2nc(CO)cs2)c1. The van der Waals surface area contributed by atoms with Gasteiger partial charge in [-0.1, -0.05) is 11.8 Å². The molecular weight excluding hydrogens is 346 g/mol. The van der Waals surface area contributed by atoms with Gasteiger partial charge in [0.1, 0.15) is 0 Å². The standard InChI is InChI=1S/C15H15N5O2S2/c1-20-5-4-17-15(20)24-10-2-3-12(16)11(6-10)13(22)19-14-18-9(7-21)8-23-14/h2-6,8,21H,7,16H2,1H3,(H,18,19,22). The zero-order valence-corrected chi connectivity index (χ0v) is 14.4. The maximum atomic E-state index is 12.4. The van der Waals surface area contributed by atoms with Crippen molar-refractivity contribution in [3.8, 4) is 0 Å². The van der Waals surface area contributed by atoms with Gasteiger partial charge in [0, 0.05) is 35.4 Å². The molecule has 0 aliphatic rings. The van der Waals surface area contributed by atoms with Gasteiger partial charge in [-0.05, 0) is 18.2 Å². The van der Waals surface area contributed by atoms with Crippen molar-refractivity contribution in [3.63, 3.8) is 0 Å². The molecule has 24 heavy (non-hydrogen) atoms. The molecule has 0 aliphatic heterocycles. The predicted octanol–water partition coefficient (Wildman–Crippen LogP) is 2.35. The lowest BCUT2D eigenvalue weighted by Gasteiger charge is -2.08. The number of carbonyl (C=O) groups is 1. The highest BCUT2D eigenvalue weighted by atomic mass is 32.2. The van der Waals surface area contributed by atoms with Crippen LogP contribution in [-0.4, -0.2) is 25.5 Å². The highest BCUT2D eigenvalue weighted by Gasteiger charge is 2.14. The minimum atomic E-state index is -0.339. The normalized spacial score (nSPS) is 10.8. The van der Waals surface area contributed by atoms with E-state index in [0.29, 0.717) is 22.1 Å². The quantitative estimate of drug-likeness (QED) is 0.602. The van der Waals surface area contributed by atoms with Gasteiger partial charge in [-0.2, -0.15) is 0 Å². The van der Waals surface area contributed by atoms with Crippen molar-refractivity contribution >= 4 is 39.8 Å². The van der Waals surface area contributed by atoms with Crippen LogP contribution in [0.1, 0.15) is 16.1 Å². The lowest BCUT2D eigenvalue weighted by atomic mass is 10.1. The Morgan fingerprint density at radius 3 is 3.00 bits per heavy atom. The largest absolute Gasteiger partial charge is 0.398 e. The van der Waals surface area contributed by atoms with E-state index in [2.05, 4.69) is 15.3 Å². The third-order valence-electron chi connectivity index (χ3n) is 3.19. The second-order valence-electron chi connectivity index (χ2n) is 4.93. The zero-order chi connectivity index (χ0) is 17.1. The fraction of sp³-hybridized carbons (Fsp3) is 0.133. The van der Waals surface area contributed by atoms with Gasteiger partial charge in [-0.15, -0.1) is 11.3 Å². The topological polar surface area (TPSA) is 106 Å². The number of hydrogen-bond donors (Lipinski definition) is 3. The highest BCUT2D eigenvalue weighted by Crippen LogP contribution is 2.29. The molecule has 1 amide bonds. The number of benzene rings is 1. The monoisotopic (exact) mass is 361 g/mol. The number of aryl methyl sites for hydroxylation is 1. The first kappa shape index (κ1) is 16.5. The van der Waals surface area contributed by atoms with Crippen LogP contribution in [-0.2, 0) is 13.7 Å². The number of amides is 1. The van der Waals surface area contributed by atoms with Crippen LogP contribution in [0.3, 0.4) is 0 Å². The Bertz CT molecular complexity index is 874.